The summed E-state index contributed by atoms with van der Waals surface area (Å²) in [6.45, 7) is 2.58. The highest BCUT2D eigenvalue weighted by Crippen LogP contribution is 2.18. The summed E-state index contributed by atoms with van der Waals surface area (Å²) in [5, 5.41) is 7.19. The van der Waals surface area contributed by atoms with Gasteiger partial charge in [-0.05, 0) is 43.1 Å². The number of hydrogen-bond acceptors (Lipinski definition) is 3. The standard InChI is InChI=1S/C18H23FN4O/c19-16-7-5-15(6-8-16)12-20-18(24)14-22-10-2-1-4-17(22)13-23-11-3-9-21-23/h3,5-9,11,17H,1-2,4,10,12-14H2,(H,20,24)/t17-/m0/s1. The summed E-state index contributed by atoms with van der Waals surface area (Å²) in [6.07, 6.45) is 7.15. The first-order chi connectivity index (χ1) is 11.7. The van der Waals surface area contributed by atoms with Crippen LogP contribution in [0.25, 0.3) is 0 Å². The number of likely N-dealkylation sites (tertiary alicyclic amines) is 1. The predicted molar refractivity (Wildman–Crippen MR) is 89.7 cm³/mol. The van der Waals surface area contributed by atoms with E-state index in [4.69, 9.17) is 0 Å². The van der Waals surface area contributed by atoms with Crippen LogP contribution in [-0.4, -0.2) is 39.7 Å². The molecule has 0 radical (unpaired) electrons. The van der Waals surface area contributed by atoms with Gasteiger partial charge in [0.25, 0.3) is 0 Å². The van der Waals surface area contributed by atoms with Crippen LogP contribution in [0.5, 0.6) is 0 Å². The molecule has 1 aromatic carbocycles. The molecule has 1 atom stereocenters. The normalized spacial score (nSPS) is 18.5. The number of hydrogen-bond donors (Lipinski definition) is 1. The van der Waals surface area contributed by atoms with Crippen LogP contribution >= 0.6 is 0 Å². The number of benzene rings is 1. The van der Waals surface area contributed by atoms with Crippen molar-refractivity contribution in [2.45, 2.75) is 38.4 Å². The minimum Gasteiger partial charge on any atom is -0.351 e. The van der Waals surface area contributed by atoms with Crippen LogP contribution in [0, 0.1) is 5.82 Å². The Hall–Kier alpha value is -2.21. The zero-order valence-corrected chi connectivity index (χ0v) is 13.7. The molecule has 1 amide bonds. The molecule has 5 nitrogen and oxygen atoms in total. The zero-order valence-electron chi connectivity index (χ0n) is 13.7. The molecule has 128 valence electrons. The molecule has 0 unspecified atom stereocenters. The molecule has 24 heavy (non-hydrogen) atoms. The van der Waals surface area contributed by atoms with Gasteiger partial charge in [-0.1, -0.05) is 18.6 Å². The Labute approximate surface area is 141 Å². The Morgan fingerprint density at radius 2 is 2.12 bits per heavy atom. The number of aromatic nitrogens is 2. The highest BCUT2D eigenvalue weighted by Gasteiger charge is 2.24. The molecule has 1 N–H and O–H groups in total. The van der Waals surface area contributed by atoms with Crippen LogP contribution in [0.15, 0.2) is 42.7 Å². The van der Waals surface area contributed by atoms with E-state index in [-0.39, 0.29) is 11.7 Å². The van der Waals surface area contributed by atoms with E-state index in [0.29, 0.717) is 19.1 Å². The van der Waals surface area contributed by atoms with Gasteiger partial charge in [-0.15, -0.1) is 0 Å². The SMILES string of the molecule is O=C(CN1CCCC[C@H]1Cn1cccn1)NCc1ccc(F)cc1. The quantitative estimate of drug-likeness (QED) is 0.883. The summed E-state index contributed by atoms with van der Waals surface area (Å²) >= 11 is 0. The van der Waals surface area contributed by atoms with Gasteiger partial charge >= 0.3 is 0 Å². The van der Waals surface area contributed by atoms with Crippen LogP contribution in [0.1, 0.15) is 24.8 Å². The van der Waals surface area contributed by atoms with E-state index in [1.54, 1.807) is 18.3 Å². The monoisotopic (exact) mass is 330 g/mol. The minimum absolute atomic E-state index is 0.00619. The maximum absolute atomic E-state index is 12.9. The molecular formula is C18H23FN4O. The Kier molecular flexibility index (Phi) is 5.59. The second kappa shape index (κ2) is 8.06. The molecule has 1 fully saturated rings. The smallest absolute Gasteiger partial charge is 0.234 e. The van der Waals surface area contributed by atoms with Crippen molar-refractivity contribution in [3.63, 3.8) is 0 Å². The number of amides is 1. The number of nitrogens with zero attached hydrogens (tertiary/aromatic N) is 3. The van der Waals surface area contributed by atoms with E-state index >= 15 is 0 Å². The van der Waals surface area contributed by atoms with E-state index in [9.17, 15) is 9.18 Å². The molecular weight excluding hydrogens is 307 g/mol. The lowest BCUT2D eigenvalue weighted by atomic mass is 10.0. The molecule has 1 aliphatic rings. The molecule has 0 aliphatic carbocycles. The first-order valence-electron chi connectivity index (χ1n) is 8.43. The number of nitrogens with one attached hydrogen (secondary N) is 1. The third-order valence-electron chi connectivity index (χ3n) is 4.46. The summed E-state index contributed by atoms with van der Waals surface area (Å²) in [4.78, 5) is 14.5. The Morgan fingerprint density at radius 3 is 2.88 bits per heavy atom. The van der Waals surface area contributed by atoms with Gasteiger partial charge in [0.05, 0.1) is 13.1 Å². The van der Waals surface area contributed by atoms with Crippen molar-refractivity contribution in [3.8, 4) is 0 Å². The van der Waals surface area contributed by atoms with E-state index in [1.807, 2.05) is 16.9 Å². The van der Waals surface area contributed by atoms with Crippen LogP contribution in [0.2, 0.25) is 0 Å². The highest BCUT2D eigenvalue weighted by molar-refractivity contribution is 5.78. The minimum atomic E-state index is -0.264. The summed E-state index contributed by atoms with van der Waals surface area (Å²) in [5.74, 6) is -0.258. The molecule has 0 bridgehead atoms. The molecule has 2 heterocycles. The molecule has 1 aliphatic heterocycles. The number of rotatable bonds is 6. The van der Waals surface area contributed by atoms with Gasteiger partial charge in [0.2, 0.25) is 5.91 Å². The predicted octanol–water partition coefficient (Wildman–Crippen LogP) is 2.19. The third-order valence-corrected chi connectivity index (χ3v) is 4.46. The fourth-order valence-electron chi connectivity index (χ4n) is 3.14. The Balaban J connectivity index is 1.50. The largest absolute Gasteiger partial charge is 0.351 e. The average Bonchev–Trinajstić information content (AvgIpc) is 3.09. The van der Waals surface area contributed by atoms with Crippen LogP contribution in [-0.2, 0) is 17.9 Å². The summed E-state index contributed by atoms with van der Waals surface area (Å²) in [6, 6.07) is 8.46. The summed E-state index contributed by atoms with van der Waals surface area (Å²) < 4.78 is 14.8. The molecule has 0 saturated carbocycles. The topological polar surface area (TPSA) is 50.2 Å². The van der Waals surface area contributed by atoms with Crippen molar-refractivity contribution in [1.82, 2.24) is 20.0 Å². The molecule has 1 saturated heterocycles. The molecule has 0 spiro atoms. The summed E-state index contributed by atoms with van der Waals surface area (Å²) in [7, 11) is 0. The molecule has 1 aromatic heterocycles. The molecule has 2 aromatic rings. The lowest BCUT2D eigenvalue weighted by Gasteiger charge is -2.35. The van der Waals surface area contributed by atoms with Crippen molar-refractivity contribution >= 4 is 5.91 Å². The highest BCUT2D eigenvalue weighted by atomic mass is 19.1. The van der Waals surface area contributed by atoms with Crippen molar-refractivity contribution < 1.29 is 9.18 Å². The van der Waals surface area contributed by atoms with Gasteiger partial charge in [-0.3, -0.25) is 14.4 Å². The van der Waals surface area contributed by atoms with Gasteiger partial charge in [0.15, 0.2) is 0 Å². The van der Waals surface area contributed by atoms with Crippen LogP contribution in [0.4, 0.5) is 4.39 Å². The van der Waals surface area contributed by atoms with Crippen molar-refractivity contribution in [2.24, 2.45) is 0 Å². The van der Waals surface area contributed by atoms with E-state index in [1.165, 1.54) is 18.6 Å². The van der Waals surface area contributed by atoms with Crippen LogP contribution in [0.3, 0.4) is 0 Å². The van der Waals surface area contributed by atoms with Crippen LogP contribution < -0.4 is 5.32 Å². The summed E-state index contributed by atoms with van der Waals surface area (Å²) in [5.41, 5.74) is 0.900. The maximum atomic E-state index is 12.9. The first kappa shape index (κ1) is 16.6. The number of halogens is 1. The fraction of sp³-hybridized carbons (Fsp3) is 0.444. The van der Waals surface area contributed by atoms with E-state index in [2.05, 4.69) is 15.3 Å². The van der Waals surface area contributed by atoms with Crippen molar-refractivity contribution in [1.29, 1.82) is 0 Å². The first-order valence-corrected chi connectivity index (χ1v) is 8.43. The van der Waals surface area contributed by atoms with E-state index in [0.717, 1.165) is 31.5 Å². The van der Waals surface area contributed by atoms with Gasteiger partial charge < -0.3 is 5.32 Å². The number of carbonyl (C=O) groups excluding carboxylic acids is 1. The number of piperidine rings is 1. The molecule has 6 heteroatoms. The third kappa shape index (κ3) is 4.64. The van der Waals surface area contributed by atoms with Gasteiger partial charge in [0, 0.05) is 25.0 Å². The van der Waals surface area contributed by atoms with Gasteiger partial charge in [-0.25, -0.2) is 4.39 Å². The van der Waals surface area contributed by atoms with Crippen molar-refractivity contribution in [3.05, 3.63) is 54.1 Å². The zero-order chi connectivity index (χ0) is 16.8. The van der Waals surface area contributed by atoms with Gasteiger partial charge in [-0.2, -0.15) is 5.10 Å². The maximum Gasteiger partial charge on any atom is 0.234 e. The molecule has 3 rings (SSSR count). The van der Waals surface area contributed by atoms with Gasteiger partial charge in [0.1, 0.15) is 5.82 Å². The Bertz CT molecular complexity index is 642. The lowest BCUT2D eigenvalue weighted by molar-refractivity contribution is -0.123. The Morgan fingerprint density at radius 1 is 1.29 bits per heavy atom. The number of carbonyl (C=O) groups is 1. The fourth-order valence-corrected chi connectivity index (χ4v) is 3.14. The average molecular weight is 330 g/mol. The second-order valence-corrected chi connectivity index (χ2v) is 6.25. The van der Waals surface area contributed by atoms with E-state index < -0.39 is 0 Å². The second-order valence-electron chi connectivity index (χ2n) is 6.25. The van der Waals surface area contributed by atoms with Crippen molar-refractivity contribution in [2.75, 3.05) is 13.1 Å². The lowest BCUT2D eigenvalue weighted by Crippen LogP contribution is -2.47.